The van der Waals surface area contributed by atoms with Crippen molar-refractivity contribution in [2.24, 2.45) is 5.73 Å². The van der Waals surface area contributed by atoms with Crippen molar-refractivity contribution in [3.63, 3.8) is 0 Å². The molecule has 25 heavy (non-hydrogen) atoms. The average molecular weight is 333 g/mol. The lowest BCUT2D eigenvalue weighted by molar-refractivity contribution is 0.102. The van der Waals surface area contributed by atoms with Crippen molar-refractivity contribution in [1.29, 1.82) is 5.41 Å². The first-order valence-corrected chi connectivity index (χ1v) is 7.90. The molecule has 2 aromatic carbocycles. The zero-order valence-corrected chi connectivity index (χ0v) is 13.8. The minimum Gasteiger partial charge on any atom is -0.480 e. The van der Waals surface area contributed by atoms with Gasteiger partial charge in [-0.15, -0.1) is 0 Å². The molecule has 0 bridgehead atoms. The van der Waals surface area contributed by atoms with Crippen LogP contribution in [0.5, 0.6) is 5.75 Å². The number of hydrogen-bond acceptors (Lipinski definition) is 4. The summed E-state index contributed by atoms with van der Waals surface area (Å²) in [4.78, 5) is 12.3. The first-order chi connectivity index (χ1) is 12.0. The van der Waals surface area contributed by atoms with E-state index in [0.717, 1.165) is 11.3 Å². The van der Waals surface area contributed by atoms with E-state index < -0.39 is 6.10 Å². The number of carbonyl (C=O) groups is 1. The molecule has 0 radical (unpaired) electrons. The van der Waals surface area contributed by atoms with Crippen LogP contribution < -0.4 is 15.8 Å². The van der Waals surface area contributed by atoms with E-state index in [1.807, 2.05) is 31.2 Å². The van der Waals surface area contributed by atoms with Gasteiger partial charge in [-0.3, -0.25) is 4.79 Å². The summed E-state index contributed by atoms with van der Waals surface area (Å²) in [6, 6.07) is 14.5. The van der Waals surface area contributed by atoms with Gasteiger partial charge in [0.2, 0.25) is 0 Å². The molecule has 1 atom stereocenters. The molecule has 1 aliphatic carbocycles. The van der Waals surface area contributed by atoms with E-state index in [2.05, 4.69) is 5.32 Å². The molecule has 0 fully saturated rings. The summed E-state index contributed by atoms with van der Waals surface area (Å²) in [6.07, 6.45) is 4.54. The van der Waals surface area contributed by atoms with Gasteiger partial charge in [0.05, 0.1) is 11.4 Å². The maximum atomic E-state index is 12.3. The zero-order valence-electron chi connectivity index (χ0n) is 13.8. The SMILES string of the molecule is Cc1ccccc1NC(=O)c1ccc(OC2C=CC(=N)C=C2N)cc1. The molecular weight excluding hydrogens is 314 g/mol. The van der Waals surface area contributed by atoms with Gasteiger partial charge >= 0.3 is 0 Å². The van der Waals surface area contributed by atoms with Crippen molar-refractivity contribution < 1.29 is 9.53 Å². The molecule has 1 amide bonds. The standard InChI is InChI=1S/C20H19N3O2/c1-13-4-2-3-5-18(13)23-20(24)14-6-9-16(10-7-14)25-19-11-8-15(21)12-17(19)22/h2-12,19,21H,22H2,1H3,(H,23,24). The monoisotopic (exact) mass is 333 g/mol. The first-order valence-electron chi connectivity index (χ1n) is 7.90. The lowest BCUT2D eigenvalue weighted by atomic mass is 10.1. The predicted octanol–water partition coefficient (Wildman–Crippen LogP) is 3.43. The van der Waals surface area contributed by atoms with Gasteiger partial charge in [-0.2, -0.15) is 0 Å². The highest BCUT2D eigenvalue weighted by Crippen LogP contribution is 2.19. The van der Waals surface area contributed by atoms with Gasteiger partial charge in [0.15, 0.2) is 6.10 Å². The third-order valence-electron chi connectivity index (χ3n) is 3.87. The molecule has 4 N–H and O–H groups in total. The fourth-order valence-corrected chi connectivity index (χ4v) is 2.46. The second kappa shape index (κ2) is 7.05. The molecule has 3 rings (SSSR count). The van der Waals surface area contributed by atoms with Crippen LogP contribution in [-0.4, -0.2) is 17.7 Å². The third-order valence-corrected chi connectivity index (χ3v) is 3.87. The number of amides is 1. The van der Waals surface area contributed by atoms with Crippen LogP contribution >= 0.6 is 0 Å². The van der Waals surface area contributed by atoms with Crippen LogP contribution in [0.3, 0.4) is 0 Å². The van der Waals surface area contributed by atoms with Gasteiger partial charge in [-0.25, -0.2) is 0 Å². The van der Waals surface area contributed by atoms with Gasteiger partial charge in [0, 0.05) is 11.3 Å². The normalized spacial score (nSPS) is 16.3. The lowest BCUT2D eigenvalue weighted by Crippen LogP contribution is -2.25. The lowest BCUT2D eigenvalue weighted by Gasteiger charge is -2.19. The molecule has 5 nitrogen and oxygen atoms in total. The minimum atomic E-state index is -0.402. The van der Waals surface area contributed by atoms with Crippen LogP contribution in [0.25, 0.3) is 0 Å². The number of rotatable bonds is 4. The largest absolute Gasteiger partial charge is 0.480 e. The number of para-hydroxylation sites is 1. The summed E-state index contributed by atoms with van der Waals surface area (Å²) < 4.78 is 5.78. The van der Waals surface area contributed by atoms with E-state index in [9.17, 15) is 4.79 Å². The first kappa shape index (κ1) is 16.5. The van der Waals surface area contributed by atoms with Crippen LogP contribution in [-0.2, 0) is 0 Å². The van der Waals surface area contributed by atoms with E-state index >= 15 is 0 Å². The molecule has 0 heterocycles. The number of hydrogen-bond donors (Lipinski definition) is 3. The quantitative estimate of drug-likeness (QED) is 0.801. The van der Waals surface area contributed by atoms with E-state index in [1.165, 1.54) is 0 Å². The smallest absolute Gasteiger partial charge is 0.255 e. The molecule has 5 heteroatoms. The molecule has 0 aromatic heterocycles. The number of benzene rings is 2. The third kappa shape index (κ3) is 3.95. The predicted molar refractivity (Wildman–Crippen MR) is 99.1 cm³/mol. The van der Waals surface area contributed by atoms with Gasteiger partial charge in [0.25, 0.3) is 5.91 Å². The highest BCUT2D eigenvalue weighted by atomic mass is 16.5. The number of aryl methyl sites for hydroxylation is 1. The number of ether oxygens (including phenoxy) is 1. The van der Waals surface area contributed by atoms with Crippen molar-refractivity contribution in [3.8, 4) is 5.75 Å². The Bertz CT molecular complexity index is 867. The van der Waals surface area contributed by atoms with Crippen molar-refractivity contribution in [2.45, 2.75) is 13.0 Å². The van der Waals surface area contributed by atoms with Crippen LogP contribution in [0.15, 0.2) is 72.5 Å². The number of carbonyl (C=O) groups excluding carboxylic acids is 1. The summed E-state index contributed by atoms with van der Waals surface area (Å²) in [5.41, 5.74) is 9.04. The summed E-state index contributed by atoms with van der Waals surface area (Å²) in [7, 11) is 0. The van der Waals surface area contributed by atoms with Crippen molar-refractivity contribution >= 4 is 17.3 Å². The highest BCUT2D eigenvalue weighted by molar-refractivity contribution is 6.04. The maximum absolute atomic E-state index is 12.3. The highest BCUT2D eigenvalue weighted by Gasteiger charge is 2.15. The van der Waals surface area contributed by atoms with Gasteiger partial charge in [-0.1, -0.05) is 18.2 Å². The summed E-state index contributed by atoms with van der Waals surface area (Å²) in [5.74, 6) is 0.429. The summed E-state index contributed by atoms with van der Waals surface area (Å²) >= 11 is 0. The average Bonchev–Trinajstić information content (AvgIpc) is 2.60. The van der Waals surface area contributed by atoms with Gasteiger partial charge in [-0.05, 0) is 61.0 Å². The second-order valence-electron chi connectivity index (χ2n) is 5.79. The number of nitrogens with two attached hydrogens (primary N) is 1. The Balaban J connectivity index is 1.67. The fraction of sp³-hybridized carbons (Fsp3) is 0.100. The Hall–Kier alpha value is -3.34. The molecule has 1 aliphatic rings. The maximum Gasteiger partial charge on any atom is 0.255 e. The second-order valence-corrected chi connectivity index (χ2v) is 5.79. The van der Waals surface area contributed by atoms with Gasteiger partial charge in [0.1, 0.15) is 5.75 Å². The Kier molecular flexibility index (Phi) is 4.66. The molecule has 0 spiro atoms. The Labute approximate surface area is 146 Å². The molecule has 1 unspecified atom stereocenters. The molecule has 0 saturated carbocycles. The molecule has 126 valence electrons. The Morgan fingerprint density at radius 1 is 1.16 bits per heavy atom. The van der Waals surface area contributed by atoms with E-state index in [1.54, 1.807) is 42.5 Å². The number of allylic oxidation sites excluding steroid dienone is 2. The number of anilines is 1. The minimum absolute atomic E-state index is 0.175. The van der Waals surface area contributed by atoms with Crippen molar-refractivity contribution in [1.82, 2.24) is 0 Å². The summed E-state index contributed by atoms with van der Waals surface area (Å²) in [5, 5.41) is 10.4. The van der Waals surface area contributed by atoms with E-state index in [0.29, 0.717) is 22.7 Å². The Morgan fingerprint density at radius 2 is 1.88 bits per heavy atom. The van der Waals surface area contributed by atoms with Crippen molar-refractivity contribution in [2.75, 3.05) is 5.32 Å². The Morgan fingerprint density at radius 3 is 2.56 bits per heavy atom. The van der Waals surface area contributed by atoms with Crippen LogP contribution in [0, 0.1) is 12.3 Å². The van der Waals surface area contributed by atoms with E-state index in [-0.39, 0.29) is 5.91 Å². The molecule has 0 saturated heterocycles. The molecule has 2 aromatic rings. The number of nitrogens with one attached hydrogen (secondary N) is 2. The van der Waals surface area contributed by atoms with Crippen LogP contribution in [0.2, 0.25) is 0 Å². The van der Waals surface area contributed by atoms with Crippen LogP contribution in [0.1, 0.15) is 15.9 Å². The topological polar surface area (TPSA) is 88.2 Å². The molecule has 0 aliphatic heterocycles. The van der Waals surface area contributed by atoms with Crippen molar-refractivity contribution in [3.05, 3.63) is 83.6 Å². The van der Waals surface area contributed by atoms with Crippen LogP contribution in [0.4, 0.5) is 5.69 Å². The molecular formula is C20H19N3O2. The van der Waals surface area contributed by atoms with E-state index in [4.69, 9.17) is 15.9 Å². The fourth-order valence-electron chi connectivity index (χ4n) is 2.46. The van der Waals surface area contributed by atoms with Gasteiger partial charge < -0.3 is 21.2 Å². The zero-order chi connectivity index (χ0) is 17.8. The summed E-state index contributed by atoms with van der Waals surface area (Å²) in [6.45, 7) is 1.95.